The van der Waals surface area contributed by atoms with E-state index in [1.807, 2.05) is 0 Å². The number of carbonyl (C=O) groups excluding carboxylic acids is 19. The minimum absolute atomic E-state index is 0.0304. The molecule has 0 saturated carbocycles. The lowest BCUT2D eigenvalue weighted by molar-refractivity contribution is -0.306. The first-order valence-electron chi connectivity index (χ1n) is 39.8. The molecule has 128 heavy (non-hydrogen) atoms. The van der Waals surface area contributed by atoms with Crippen LogP contribution in [0.4, 0.5) is 0 Å². The molecule has 44 heteroatoms. The molecule has 8 rings (SSSR count). The Labute approximate surface area is 730 Å². The van der Waals surface area contributed by atoms with Crippen LogP contribution in [0.3, 0.4) is 0 Å². The second-order valence-electron chi connectivity index (χ2n) is 29.5. The van der Waals surface area contributed by atoms with Gasteiger partial charge in [0, 0.05) is 88.0 Å². The Morgan fingerprint density at radius 3 is 0.875 bits per heavy atom. The van der Waals surface area contributed by atoms with E-state index in [9.17, 15) is 91.1 Å². The number of hydrogen-bond donors (Lipinski definition) is 7. The molecular formula is C84H99N7O37. The molecule has 7 N–H and O–H groups in total. The Bertz CT molecular complexity index is 4700. The van der Waals surface area contributed by atoms with E-state index in [1.165, 1.54) is 48.5 Å². The fourth-order valence-corrected chi connectivity index (χ4v) is 13.0. The first-order valence-corrected chi connectivity index (χ1v) is 39.8. The van der Waals surface area contributed by atoms with Crippen molar-refractivity contribution in [1.29, 1.82) is 0 Å². The summed E-state index contributed by atoms with van der Waals surface area (Å²) < 4.78 is 103. The number of carbonyl (C=O) groups is 19. The summed E-state index contributed by atoms with van der Waals surface area (Å²) in [6.45, 7) is 5.39. The summed E-state index contributed by atoms with van der Waals surface area (Å²) in [5.41, 5.74) is 2.83. The molecule has 44 nitrogen and oxygen atoms in total. The first-order chi connectivity index (χ1) is 60.7. The van der Waals surface area contributed by atoms with Gasteiger partial charge in [-0.05, 0) is 76.2 Å². The van der Waals surface area contributed by atoms with E-state index in [0.29, 0.717) is 5.56 Å². The van der Waals surface area contributed by atoms with Crippen molar-refractivity contribution >= 4 is 113 Å². The molecule has 4 aromatic rings. The number of ether oxygens (including phenoxy) is 18. The van der Waals surface area contributed by atoms with Gasteiger partial charge in [0.05, 0.1) is 22.3 Å². The van der Waals surface area contributed by atoms with Crippen LogP contribution in [0.2, 0.25) is 0 Å². The van der Waals surface area contributed by atoms with E-state index >= 15 is 0 Å². The highest BCUT2D eigenvalue weighted by Crippen LogP contribution is 2.35. The quantitative estimate of drug-likeness (QED) is 0.0235. The van der Waals surface area contributed by atoms with Crippen LogP contribution in [0.25, 0.3) is 0 Å². The summed E-state index contributed by atoms with van der Waals surface area (Å²) in [6, 6.07) is 18.3. The summed E-state index contributed by atoms with van der Waals surface area (Å²) in [5.74, 6) is -20.4. The van der Waals surface area contributed by atoms with Gasteiger partial charge in [-0.2, -0.15) is 0 Å². The lowest BCUT2D eigenvalue weighted by atomic mass is 9.97. The molecule has 0 bridgehead atoms. The fourth-order valence-electron chi connectivity index (χ4n) is 13.0. The van der Waals surface area contributed by atoms with Crippen molar-refractivity contribution in [3.05, 3.63) is 142 Å². The zero-order chi connectivity index (χ0) is 93.8. The Morgan fingerprint density at radius 2 is 0.555 bits per heavy atom. The number of nitrogens with one attached hydrogen (secondary N) is 7. The van der Waals surface area contributed by atoms with E-state index in [4.69, 9.17) is 85.3 Å². The van der Waals surface area contributed by atoms with Gasteiger partial charge in [-0.3, -0.25) is 71.9 Å². The Balaban J connectivity index is 1.11. The molecular weight excluding hydrogens is 1700 g/mol. The Hall–Kier alpha value is -13.4. The molecule has 4 fully saturated rings. The van der Waals surface area contributed by atoms with Crippen LogP contribution in [-0.4, -0.2) is 289 Å². The van der Waals surface area contributed by atoms with Crippen molar-refractivity contribution in [1.82, 2.24) is 37.2 Å². The lowest BCUT2D eigenvalue weighted by Crippen LogP contribution is -2.63. The number of benzene rings is 4. The zero-order valence-corrected chi connectivity index (χ0v) is 71.5. The highest BCUT2D eigenvalue weighted by atomic mass is 16.8. The van der Waals surface area contributed by atoms with E-state index in [2.05, 4.69) is 37.2 Å². The Morgan fingerprint density at radius 1 is 0.305 bits per heavy atom. The zero-order valence-electron chi connectivity index (χ0n) is 71.5. The second kappa shape index (κ2) is 47.8. The predicted molar refractivity (Wildman–Crippen MR) is 425 cm³/mol. The summed E-state index contributed by atoms with van der Waals surface area (Å²) in [6.07, 6.45) is -28.1. The number of amides is 7. The molecule has 7 amide bonds. The van der Waals surface area contributed by atoms with Crippen molar-refractivity contribution in [2.75, 3.05) is 65.8 Å². The fraction of sp³-hybridized carbons (Fsp3) is 0.488. The van der Waals surface area contributed by atoms with Crippen LogP contribution >= 0.6 is 0 Å². The van der Waals surface area contributed by atoms with Crippen molar-refractivity contribution in [3.63, 3.8) is 0 Å². The van der Waals surface area contributed by atoms with Gasteiger partial charge in [-0.15, -0.1) is 0 Å². The van der Waals surface area contributed by atoms with Gasteiger partial charge in [0.1, 0.15) is 76.1 Å². The minimum atomic E-state index is -2.11. The lowest BCUT2D eigenvalue weighted by Gasteiger charge is -2.44. The third kappa shape index (κ3) is 30.7. The highest BCUT2D eigenvalue weighted by Gasteiger charge is 2.57. The van der Waals surface area contributed by atoms with Crippen LogP contribution in [0.5, 0.6) is 0 Å². The van der Waals surface area contributed by atoms with Gasteiger partial charge in [0.2, 0.25) is 41.4 Å². The molecule has 4 saturated heterocycles. The summed E-state index contributed by atoms with van der Waals surface area (Å²) >= 11 is 0. The van der Waals surface area contributed by atoms with Crippen LogP contribution in [0.15, 0.2) is 97.1 Å². The molecule has 18 atom stereocenters. The maximum Gasteiger partial charge on any atom is 0.338 e. The number of rotatable bonds is 31. The van der Waals surface area contributed by atoms with Gasteiger partial charge in [0.25, 0.3) is 0 Å². The van der Waals surface area contributed by atoms with E-state index in [0.717, 1.165) is 72.1 Å². The first kappa shape index (κ1) is 100.0. The van der Waals surface area contributed by atoms with Gasteiger partial charge in [0.15, 0.2) is 73.8 Å². The van der Waals surface area contributed by atoms with Crippen LogP contribution < -0.4 is 37.2 Å². The van der Waals surface area contributed by atoms with E-state index < -0.39 is 295 Å². The normalized spacial score (nSPS) is 24.9. The SMILES string of the molecule is CC(=O)OC[C@H]1O[C@@H](OCC(=O)N[C@H]2CNC(=O)[C@@H](NC(=O)CO[C@@H]3O[C@H](COC(C)=O)[C@@H](OC(C)=O)[C@H](OC(C)=O)[C@H]3OC(C)=O)CNC(=O)CCNC(=O)[C@@H](NC(=O)CO[C@H]3O[C@H](COC(=O)c4ccc(C)cc4)[C@@H](OC(=O)c4ccc(C)cc4)[C@H](OC(=O)c4ccc(C)cc4)[C@@H]3OC(=O)c3ccc(C)cc3)CNC2=O)[C@H](OC(C)=O)[C@@H](OC(C)=O)[C@H]1OC(C)=O. The number of hydrogen-bond acceptors (Lipinski definition) is 37. The molecule has 692 valence electrons. The molecule has 0 spiro atoms. The van der Waals surface area contributed by atoms with Crippen LogP contribution in [-0.2, 0) is 157 Å². The third-order valence-corrected chi connectivity index (χ3v) is 19.0. The summed E-state index contributed by atoms with van der Waals surface area (Å²) in [4.78, 5) is 257. The van der Waals surface area contributed by atoms with Crippen LogP contribution in [0.1, 0.15) is 125 Å². The maximum atomic E-state index is 14.9. The van der Waals surface area contributed by atoms with E-state index in [1.54, 1.807) is 76.2 Å². The minimum Gasteiger partial charge on any atom is -0.463 e. The molecule has 0 aliphatic carbocycles. The van der Waals surface area contributed by atoms with Crippen LogP contribution in [0, 0.1) is 27.7 Å². The monoisotopic (exact) mass is 1800 g/mol. The predicted octanol–water partition coefficient (Wildman–Crippen LogP) is -0.982. The Kier molecular flexibility index (Phi) is 37.3. The van der Waals surface area contributed by atoms with Crippen molar-refractivity contribution in [3.8, 4) is 0 Å². The van der Waals surface area contributed by atoms with Crippen molar-refractivity contribution < 1.29 is 176 Å². The smallest absolute Gasteiger partial charge is 0.338 e. The highest BCUT2D eigenvalue weighted by molar-refractivity contribution is 5.95. The molecule has 0 radical (unpaired) electrons. The summed E-state index contributed by atoms with van der Waals surface area (Å²) in [7, 11) is 0. The molecule has 4 aliphatic heterocycles. The maximum absolute atomic E-state index is 14.9. The largest absolute Gasteiger partial charge is 0.463 e. The second-order valence-corrected chi connectivity index (χ2v) is 29.5. The van der Waals surface area contributed by atoms with Crippen molar-refractivity contribution in [2.24, 2.45) is 0 Å². The average Bonchev–Trinajstić information content (AvgIpc) is 0.772. The average molecular weight is 1800 g/mol. The van der Waals surface area contributed by atoms with Crippen molar-refractivity contribution in [2.45, 2.75) is 200 Å². The third-order valence-electron chi connectivity index (χ3n) is 19.0. The van der Waals surface area contributed by atoms with Gasteiger partial charge in [-0.25, -0.2) is 19.2 Å². The number of esters is 12. The molecule has 4 aliphatic rings. The molecule has 0 aromatic heterocycles. The van der Waals surface area contributed by atoms with Gasteiger partial charge < -0.3 is 122 Å². The summed E-state index contributed by atoms with van der Waals surface area (Å²) in [5, 5.41) is 16.6. The topological polar surface area (TPSA) is 575 Å². The molecule has 4 aromatic carbocycles. The van der Waals surface area contributed by atoms with E-state index in [-0.39, 0.29) is 22.3 Å². The molecule has 0 unspecified atom stereocenters. The van der Waals surface area contributed by atoms with Gasteiger partial charge >= 0.3 is 71.6 Å². The number of aryl methyl sites for hydroxylation is 4. The standard InChI is InChI=1S/C84H99N7O37/c1-40-13-21-52(22-14-40)78(107)113-36-61-68(126-79(108)53-23-15-41(2)16-24-53)71(127-80(109)54-25-17-42(3)18-26-54)74(128-81(110)55-27-19-43(4)20-28-55)84(125-61)116-39-64(102)90-57-32-87-77(106)58(91-65(103)38-115-83-73(122-51(12)99)70(120-49(10)97)67(118-47(8)95)60(124-83)35-112-45(6)93)33-88-76(105)56(31-86-62(100)29-30-85-75(57)104)89-63(101)37-114-82-72(121-50(11)98)69(119-48(9)96)66(117-46(7)94)59(123-82)34-111-44(5)92/h13-28,56-61,66-74,82-84H,29-39H2,1-12H3,(H,85,104)(H,86,100)(H,87,106)(H,88,105)(H,89,101)(H,90,102)(H,91,103)/t56-,57-,58-,59+,60+,61+,66+,67-,68+,69-,70-,71-,72+,73+,74-,82+,83+,84-/m0/s1. The van der Waals surface area contributed by atoms with Gasteiger partial charge in [-0.1, -0.05) is 70.8 Å². The molecule has 4 heterocycles.